The SMILES string of the molecule is CCCC1(CNCC2(C)CCNCC2)CC1. The van der Waals surface area contributed by atoms with Gasteiger partial charge in [0, 0.05) is 13.1 Å². The molecule has 1 aliphatic carbocycles. The van der Waals surface area contributed by atoms with E-state index >= 15 is 0 Å². The summed E-state index contributed by atoms with van der Waals surface area (Å²) in [6.07, 6.45) is 8.38. The maximum atomic E-state index is 3.76. The molecule has 0 spiro atoms. The van der Waals surface area contributed by atoms with Gasteiger partial charge in [-0.3, -0.25) is 0 Å². The van der Waals surface area contributed by atoms with E-state index in [0.717, 1.165) is 0 Å². The van der Waals surface area contributed by atoms with E-state index in [1.807, 2.05) is 0 Å². The minimum absolute atomic E-state index is 0.549. The Morgan fingerprint density at radius 1 is 1.06 bits per heavy atom. The summed E-state index contributed by atoms with van der Waals surface area (Å²) in [6.45, 7) is 9.66. The maximum absolute atomic E-state index is 3.76. The summed E-state index contributed by atoms with van der Waals surface area (Å²) >= 11 is 0. The molecule has 16 heavy (non-hydrogen) atoms. The lowest BCUT2D eigenvalue weighted by Crippen LogP contribution is -2.42. The highest BCUT2D eigenvalue weighted by Crippen LogP contribution is 2.49. The molecular weight excluding hydrogens is 196 g/mol. The van der Waals surface area contributed by atoms with Gasteiger partial charge in [-0.15, -0.1) is 0 Å². The number of hydrogen-bond acceptors (Lipinski definition) is 2. The molecule has 0 aromatic heterocycles. The van der Waals surface area contributed by atoms with E-state index < -0.39 is 0 Å². The van der Waals surface area contributed by atoms with Crippen LogP contribution in [0.25, 0.3) is 0 Å². The predicted molar refractivity (Wildman–Crippen MR) is 69.7 cm³/mol. The lowest BCUT2D eigenvalue weighted by molar-refractivity contribution is 0.214. The van der Waals surface area contributed by atoms with Crippen LogP contribution in [0, 0.1) is 10.8 Å². The molecule has 1 saturated carbocycles. The Hall–Kier alpha value is -0.0800. The minimum Gasteiger partial charge on any atom is -0.317 e. The molecule has 2 nitrogen and oxygen atoms in total. The maximum Gasteiger partial charge on any atom is 0.000804 e. The summed E-state index contributed by atoms with van der Waals surface area (Å²) in [5.41, 5.74) is 1.26. The quantitative estimate of drug-likeness (QED) is 0.724. The molecule has 0 unspecified atom stereocenters. The van der Waals surface area contributed by atoms with Gasteiger partial charge in [-0.1, -0.05) is 20.3 Å². The molecule has 0 radical (unpaired) electrons. The zero-order valence-electron chi connectivity index (χ0n) is 11.1. The highest BCUT2D eigenvalue weighted by Gasteiger charge is 2.41. The molecule has 2 rings (SSSR count). The van der Waals surface area contributed by atoms with Crippen LogP contribution in [0.15, 0.2) is 0 Å². The fraction of sp³-hybridized carbons (Fsp3) is 1.00. The van der Waals surface area contributed by atoms with Gasteiger partial charge in [0.25, 0.3) is 0 Å². The van der Waals surface area contributed by atoms with Gasteiger partial charge in [0.05, 0.1) is 0 Å². The molecule has 0 aromatic rings. The molecule has 1 heterocycles. The average Bonchev–Trinajstić information content (AvgIpc) is 2.99. The molecule has 2 fully saturated rings. The van der Waals surface area contributed by atoms with E-state index in [0.29, 0.717) is 10.8 Å². The first kappa shape index (κ1) is 12.4. The van der Waals surface area contributed by atoms with Crippen LogP contribution in [0.1, 0.15) is 52.4 Å². The van der Waals surface area contributed by atoms with E-state index in [2.05, 4.69) is 24.5 Å². The van der Waals surface area contributed by atoms with Crippen LogP contribution >= 0.6 is 0 Å². The van der Waals surface area contributed by atoms with Gasteiger partial charge in [0.1, 0.15) is 0 Å². The largest absolute Gasteiger partial charge is 0.317 e. The summed E-state index contributed by atoms with van der Waals surface area (Å²) < 4.78 is 0. The summed E-state index contributed by atoms with van der Waals surface area (Å²) in [4.78, 5) is 0. The lowest BCUT2D eigenvalue weighted by Gasteiger charge is -2.34. The van der Waals surface area contributed by atoms with Crippen molar-refractivity contribution in [3.05, 3.63) is 0 Å². The van der Waals surface area contributed by atoms with E-state index in [9.17, 15) is 0 Å². The molecule has 2 N–H and O–H groups in total. The molecule has 0 aromatic carbocycles. The van der Waals surface area contributed by atoms with Gasteiger partial charge in [-0.25, -0.2) is 0 Å². The normalized spacial score (nSPS) is 26.6. The van der Waals surface area contributed by atoms with E-state index in [-0.39, 0.29) is 0 Å². The lowest BCUT2D eigenvalue weighted by atomic mass is 9.81. The van der Waals surface area contributed by atoms with Crippen LogP contribution in [0.2, 0.25) is 0 Å². The third kappa shape index (κ3) is 3.21. The van der Waals surface area contributed by atoms with Gasteiger partial charge in [0.15, 0.2) is 0 Å². The first-order chi connectivity index (χ1) is 7.68. The second-order valence-electron chi connectivity index (χ2n) is 6.41. The number of hydrogen-bond donors (Lipinski definition) is 2. The molecular formula is C14H28N2. The van der Waals surface area contributed by atoms with Crippen LogP contribution in [0.3, 0.4) is 0 Å². The Kier molecular flexibility index (Phi) is 3.91. The molecule has 2 aliphatic rings. The van der Waals surface area contributed by atoms with Crippen LogP contribution in [-0.4, -0.2) is 26.2 Å². The first-order valence-electron chi connectivity index (χ1n) is 7.10. The Bertz CT molecular complexity index is 215. The Labute approximate surface area is 101 Å². The summed E-state index contributed by atoms with van der Waals surface area (Å²) in [5.74, 6) is 0. The van der Waals surface area contributed by atoms with Crippen molar-refractivity contribution in [1.82, 2.24) is 10.6 Å². The summed E-state index contributed by atoms with van der Waals surface area (Å²) in [7, 11) is 0. The van der Waals surface area contributed by atoms with Gasteiger partial charge in [-0.2, -0.15) is 0 Å². The second kappa shape index (κ2) is 5.05. The fourth-order valence-electron chi connectivity index (χ4n) is 3.06. The van der Waals surface area contributed by atoms with Gasteiger partial charge >= 0.3 is 0 Å². The molecule has 2 heteroatoms. The fourth-order valence-corrected chi connectivity index (χ4v) is 3.06. The molecule has 1 aliphatic heterocycles. The molecule has 94 valence electrons. The third-order valence-electron chi connectivity index (χ3n) is 4.60. The number of rotatable bonds is 6. The zero-order chi connectivity index (χ0) is 11.5. The van der Waals surface area contributed by atoms with Crippen molar-refractivity contribution in [2.75, 3.05) is 26.2 Å². The van der Waals surface area contributed by atoms with Crippen LogP contribution in [0.5, 0.6) is 0 Å². The topological polar surface area (TPSA) is 24.1 Å². The van der Waals surface area contributed by atoms with Crippen molar-refractivity contribution in [3.63, 3.8) is 0 Å². The second-order valence-corrected chi connectivity index (χ2v) is 6.41. The van der Waals surface area contributed by atoms with E-state index in [4.69, 9.17) is 0 Å². The van der Waals surface area contributed by atoms with Crippen LogP contribution in [0.4, 0.5) is 0 Å². The molecule has 0 amide bonds. The first-order valence-corrected chi connectivity index (χ1v) is 7.10. The van der Waals surface area contributed by atoms with Gasteiger partial charge in [0.2, 0.25) is 0 Å². The van der Waals surface area contributed by atoms with Crippen LogP contribution in [-0.2, 0) is 0 Å². The van der Waals surface area contributed by atoms with Crippen LogP contribution < -0.4 is 10.6 Å². The summed E-state index contributed by atoms with van der Waals surface area (Å²) in [5, 5.41) is 7.21. The highest BCUT2D eigenvalue weighted by molar-refractivity contribution is 4.95. The van der Waals surface area contributed by atoms with Crippen molar-refractivity contribution in [3.8, 4) is 0 Å². The van der Waals surface area contributed by atoms with Crippen molar-refractivity contribution >= 4 is 0 Å². The monoisotopic (exact) mass is 224 g/mol. The predicted octanol–water partition coefficient (Wildman–Crippen LogP) is 2.55. The molecule has 0 bridgehead atoms. The van der Waals surface area contributed by atoms with Crippen molar-refractivity contribution in [2.45, 2.75) is 52.4 Å². The van der Waals surface area contributed by atoms with Crippen molar-refractivity contribution in [1.29, 1.82) is 0 Å². The van der Waals surface area contributed by atoms with Gasteiger partial charge in [-0.05, 0) is 56.0 Å². The minimum atomic E-state index is 0.549. The molecule has 1 saturated heterocycles. The zero-order valence-corrected chi connectivity index (χ0v) is 11.1. The van der Waals surface area contributed by atoms with Crippen molar-refractivity contribution < 1.29 is 0 Å². The number of piperidine rings is 1. The van der Waals surface area contributed by atoms with Gasteiger partial charge < -0.3 is 10.6 Å². The highest BCUT2D eigenvalue weighted by atomic mass is 14.9. The van der Waals surface area contributed by atoms with E-state index in [1.54, 1.807) is 0 Å². The third-order valence-corrected chi connectivity index (χ3v) is 4.60. The Morgan fingerprint density at radius 2 is 1.75 bits per heavy atom. The smallest absolute Gasteiger partial charge is 0.000804 e. The number of nitrogens with one attached hydrogen (secondary N) is 2. The standard InChI is InChI=1S/C14H28N2/c1-3-4-14(5-6-14)12-16-11-13(2)7-9-15-10-8-13/h15-16H,3-12H2,1-2H3. The average molecular weight is 224 g/mol. The van der Waals surface area contributed by atoms with E-state index in [1.165, 1.54) is 64.7 Å². The van der Waals surface area contributed by atoms with Crippen molar-refractivity contribution in [2.24, 2.45) is 10.8 Å². The molecule has 0 atom stereocenters. The Morgan fingerprint density at radius 3 is 2.31 bits per heavy atom. The summed E-state index contributed by atoms with van der Waals surface area (Å²) in [6, 6.07) is 0. The Balaban J connectivity index is 1.67.